The van der Waals surface area contributed by atoms with Crippen molar-refractivity contribution in [1.29, 1.82) is 0 Å². The molecule has 0 heterocycles. The molecule has 0 amide bonds. The molecule has 0 aliphatic heterocycles. The Kier molecular flexibility index (Phi) is 2.72. The van der Waals surface area contributed by atoms with Crippen molar-refractivity contribution in [1.82, 2.24) is 5.32 Å². The average molecular weight is 141 g/mol. The number of nitrogens with one attached hydrogen (secondary N) is 1. The quantitative estimate of drug-likeness (QED) is 0.631. The predicted octanol–water partition coefficient (Wildman–Crippen LogP) is 2.03. The van der Waals surface area contributed by atoms with Crippen LogP contribution in [0.25, 0.3) is 0 Å². The lowest BCUT2D eigenvalue weighted by Gasteiger charge is -2.04. The minimum Gasteiger partial charge on any atom is -0.314 e. The van der Waals surface area contributed by atoms with Crippen LogP contribution in [0.1, 0.15) is 33.6 Å². The average Bonchev–Trinajstić information content (AvgIpc) is 2.46. The molecule has 0 bridgehead atoms. The van der Waals surface area contributed by atoms with Crippen LogP contribution in [-0.4, -0.2) is 12.6 Å². The summed E-state index contributed by atoms with van der Waals surface area (Å²) < 4.78 is 0. The van der Waals surface area contributed by atoms with Crippen molar-refractivity contribution in [3.8, 4) is 0 Å². The molecule has 10 heavy (non-hydrogen) atoms. The van der Waals surface area contributed by atoms with Crippen LogP contribution < -0.4 is 5.32 Å². The van der Waals surface area contributed by atoms with Crippen molar-refractivity contribution in [3.05, 3.63) is 0 Å². The van der Waals surface area contributed by atoms with Gasteiger partial charge in [0.1, 0.15) is 0 Å². The molecule has 1 rings (SSSR count). The fourth-order valence-corrected chi connectivity index (χ4v) is 1.16. The second-order valence-electron chi connectivity index (χ2n) is 3.96. The van der Waals surface area contributed by atoms with Gasteiger partial charge in [-0.05, 0) is 31.2 Å². The summed E-state index contributed by atoms with van der Waals surface area (Å²) in [5.41, 5.74) is 0. The Morgan fingerprint density at radius 2 is 2.10 bits per heavy atom. The molecule has 2 atom stereocenters. The molecule has 0 saturated heterocycles. The third kappa shape index (κ3) is 2.70. The molecule has 0 spiro atoms. The van der Waals surface area contributed by atoms with Gasteiger partial charge in [0.05, 0.1) is 0 Å². The predicted molar refractivity (Wildman–Crippen MR) is 45.0 cm³/mol. The summed E-state index contributed by atoms with van der Waals surface area (Å²) in [6, 6.07) is 0.860. The summed E-state index contributed by atoms with van der Waals surface area (Å²) in [4.78, 5) is 0. The molecule has 60 valence electrons. The maximum absolute atomic E-state index is 3.54. The molecule has 0 aromatic rings. The van der Waals surface area contributed by atoms with E-state index in [1.54, 1.807) is 0 Å². The minimum absolute atomic E-state index is 0.849. The van der Waals surface area contributed by atoms with Crippen LogP contribution in [0.5, 0.6) is 0 Å². The SMILES string of the molecule is CC(C)CCNC1CC1C. The second-order valence-corrected chi connectivity index (χ2v) is 3.96. The van der Waals surface area contributed by atoms with E-state index < -0.39 is 0 Å². The molecule has 1 fully saturated rings. The Morgan fingerprint density at radius 3 is 2.50 bits per heavy atom. The summed E-state index contributed by atoms with van der Waals surface area (Å²) >= 11 is 0. The highest BCUT2D eigenvalue weighted by molar-refractivity contribution is 4.89. The Balaban J connectivity index is 1.87. The fourth-order valence-electron chi connectivity index (χ4n) is 1.16. The minimum atomic E-state index is 0.849. The zero-order chi connectivity index (χ0) is 7.56. The van der Waals surface area contributed by atoms with Crippen LogP contribution >= 0.6 is 0 Å². The first-order chi connectivity index (χ1) is 4.70. The van der Waals surface area contributed by atoms with Gasteiger partial charge < -0.3 is 5.32 Å². The first-order valence-corrected chi connectivity index (χ1v) is 4.43. The Labute approximate surface area is 64.2 Å². The summed E-state index contributed by atoms with van der Waals surface area (Å²) in [7, 11) is 0. The van der Waals surface area contributed by atoms with Gasteiger partial charge in [-0.3, -0.25) is 0 Å². The van der Waals surface area contributed by atoms with E-state index in [2.05, 4.69) is 26.1 Å². The topological polar surface area (TPSA) is 12.0 Å². The maximum Gasteiger partial charge on any atom is 0.00963 e. The second kappa shape index (κ2) is 3.38. The van der Waals surface area contributed by atoms with E-state index in [1.165, 1.54) is 19.4 Å². The van der Waals surface area contributed by atoms with E-state index in [0.29, 0.717) is 0 Å². The third-order valence-corrected chi connectivity index (χ3v) is 2.24. The van der Waals surface area contributed by atoms with Gasteiger partial charge in [-0.25, -0.2) is 0 Å². The number of hydrogen-bond donors (Lipinski definition) is 1. The molecule has 2 unspecified atom stereocenters. The molecular formula is C9H19N. The van der Waals surface area contributed by atoms with Gasteiger partial charge in [0.2, 0.25) is 0 Å². The molecule has 0 aromatic heterocycles. The highest BCUT2D eigenvalue weighted by Gasteiger charge is 2.31. The van der Waals surface area contributed by atoms with Crippen molar-refractivity contribution < 1.29 is 0 Å². The third-order valence-electron chi connectivity index (χ3n) is 2.24. The van der Waals surface area contributed by atoms with E-state index in [4.69, 9.17) is 0 Å². The first-order valence-electron chi connectivity index (χ1n) is 4.43. The van der Waals surface area contributed by atoms with Crippen LogP contribution in [-0.2, 0) is 0 Å². The van der Waals surface area contributed by atoms with Crippen molar-refractivity contribution in [2.75, 3.05) is 6.54 Å². The summed E-state index contributed by atoms with van der Waals surface area (Å²) in [5.74, 6) is 1.80. The summed E-state index contributed by atoms with van der Waals surface area (Å²) in [5, 5.41) is 3.54. The zero-order valence-electron chi connectivity index (χ0n) is 7.35. The van der Waals surface area contributed by atoms with Crippen LogP contribution in [0.3, 0.4) is 0 Å². The molecule has 0 radical (unpaired) electrons. The van der Waals surface area contributed by atoms with Crippen LogP contribution in [0.15, 0.2) is 0 Å². The van der Waals surface area contributed by atoms with Crippen molar-refractivity contribution in [2.45, 2.75) is 39.7 Å². The first kappa shape index (κ1) is 8.06. The molecule has 1 saturated carbocycles. The lowest BCUT2D eigenvalue weighted by atomic mass is 10.1. The molecular weight excluding hydrogens is 122 g/mol. The Bertz CT molecular complexity index is 98.9. The van der Waals surface area contributed by atoms with E-state index in [1.807, 2.05) is 0 Å². The van der Waals surface area contributed by atoms with Crippen molar-refractivity contribution >= 4 is 0 Å². The largest absolute Gasteiger partial charge is 0.314 e. The van der Waals surface area contributed by atoms with Crippen LogP contribution in [0.4, 0.5) is 0 Å². The molecule has 1 N–H and O–H groups in total. The number of rotatable bonds is 4. The summed E-state index contributed by atoms with van der Waals surface area (Å²) in [6.07, 6.45) is 2.72. The fraction of sp³-hybridized carbons (Fsp3) is 1.00. The van der Waals surface area contributed by atoms with Gasteiger partial charge in [0, 0.05) is 6.04 Å². The van der Waals surface area contributed by atoms with Gasteiger partial charge in [-0.15, -0.1) is 0 Å². The van der Waals surface area contributed by atoms with Gasteiger partial charge in [0.25, 0.3) is 0 Å². The summed E-state index contributed by atoms with van der Waals surface area (Å²) in [6.45, 7) is 8.08. The molecule has 0 aromatic carbocycles. The lowest BCUT2D eigenvalue weighted by molar-refractivity contribution is 0.528. The standard InChI is InChI=1S/C9H19N/c1-7(2)4-5-10-9-6-8(9)3/h7-10H,4-6H2,1-3H3. The Morgan fingerprint density at radius 1 is 1.50 bits per heavy atom. The maximum atomic E-state index is 3.54. The highest BCUT2D eigenvalue weighted by atomic mass is 15.0. The van der Waals surface area contributed by atoms with Crippen molar-refractivity contribution in [3.63, 3.8) is 0 Å². The highest BCUT2D eigenvalue weighted by Crippen LogP contribution is 2.28. The van der Waals surface area contributed by atoms with Crippen LogP contribution in [0.2, 0.25) is 0 Å². The molecule has 1 aliphatic carbocycles. The van der Waals surface area contributed by atoms with Gasteiger partial charge in [-0.2, -0.15) is 0 Å². The normalized spacial score (nSPS) is 31.2. The van der Waals surface area contributed by atoms with Crippen molar-refractivity contribution in [2.24, 2.45) is 11.8 Å². The smallest absolute Gasteiger partial charge is 0.00963 e. The van der Waals surface area contributed by atoms with E-state index in [0.717, 1.165) is 17.9 Å². The van der Waals surface area contributed by atoms with Gasteiger partial charge in [0.15, 0.2) is 0 Å². The Hall–Kier alpha value is -0.0400. The lowest BCUT2D eigenvalue weighted by Crippen LogP contribution is -2.20. The zero-order valence-corrected chi connectivity index (χ0v) is 7.35. The monoisotopic (exact) mass is 141 g/mol. The van der Waals surface area contributed by atoms with E-state index >= 15 is 0 Å². The van der Waals surface area contributed by atoms with Gasteiger partial charge >= 0.3 is 0 Å². The molecule has 1 aliphatic rings. The molecule has 1 nitrogen and oxygen atoms in total. The van der Waals surface area contributed by atoms with Crippen LogP contribution in [0, 0.1) is 11.8 Å². The van der Waals surface area contributed by atoms with E-state index in [-0.39, 0.29) is 0 Å². The number of hydrogen-bond acceptors (Lipinski definition) is 1. The molecule has 1 heteroatoms. The van der Waals surface area contributed by atoms with E-state index in [9.17, 15) is 0 Å². The van der Waals surface area contributed by atoms with Gasteiger partial charge in [-0.1, -0.05) is 20.8 Å².